The Morgan fingerprint density at radius 1 is 1.53 bits per heavy atom. The highest BCUT2D eigenvalue weighted by Gasteiger charge is 2.20. The van der Waals surface area contributed by atoms with Crippen molar-refractivity contribution in [3.05, 3.63) is 29.8 Å². The zero-order valence-electron chi connectivity index (χ0n) is 9.15. The Bertz CT molecular complexity index is 321. The van der Waals surface area contributed by atoms with Gasteiger partial charge in [-0.1, -0.05) is 12.1 Å². The topological polar surface area (TPSA) is 38.5 Å². The summed E-state index contributed by atoms with van der Waals surface area (Å²) in [5.41, 5.74) is 8.04. The van der Waals surface area contributed by atoms with Gasteiger partial charge in [0.05, 0.1) is 12.6 Å². The van der Waals surface area contributed by atoms with Crippen LogP contribution < -0.4 is 10.6 Å². The first-order valence-electron chi connectivity index (χ1n) is 5.41. The molecule has 1 aromatic rings. The van der Waals surface area contributed by atoms with Crippen LogP contribution in [0.25, 0.3) is 0 Å². The molecule has 3 heteroatoms. The number of nitrogens with two attached hydrogens (primary N) is 1. The number of ether oxygens (including phenoxy) is 1. The number of hydrogen-bond acceptors (Lipinski definition) is 3. The van der Waals surface area contributed by atoms with Crippen LogP contribution in [-0.4, -0.2) is 26.3 Å². The largest absolute Gasteiger partial charge is 0.379 e. The summed E-state index contributed by atoms with van der Waals surface area (Å²) in [6.07, 6.45) is 1.11. The van der Waals surface area contributed by atoms with Gasteiger partial charge >= 0.3 is 0 Å². The molecular formula is C12H18N2O. The molecule has 15 heavy (non-hydrogen) atoms. The fourth-order valence-electron chi connectivity index (χ4n) is 1.94. The lowest BCUT2D eigenvalue weighted by molar-refractivity contribution is 0.193. The molecule has 1 fully saturated rings. The van der Waals surface area contributed by atoms with E-state index < -0.39 is 0 Å². The number of hydrogen-bond donors (Lipinski definition) is 1. The van der Waals surface area contributed by atoms with Crippen LogP contribution in [0.15, 0.2) is 24.3 Å². The number of rotatable bonds is 3. The van der Waals surface area contributed by atoms with E-state index >= 15 is 0 Å². The van der Waals surface area contributed by atoms with E-state index in [1.54, 1.807) is 0 Å². The molecular weight excluding hydrogens is 188 g/mol. The highest BCUT2D eigenvalue weighted by molar-refractivity contribution is 5.49. The molecule has 1 aliphatic heterocycles. The van der Waals surface area contributed by atoms with Gasteiger partial charge in [-0.05, 0) is 24.1 Å². The zero-order valence-corrected chi connectivity index (χ0v) is 9.15. The van der Waals surface area contributed by atoms with Crippen molar-refractivity contribution in [2.45, 2.75) is 19.0 Å². The van der Waals surface area contributed by atoms with E-state index in [1.165, 1.54) is 11.3 Å². The summed E-state index contributed by atoms with van der Waals surface area (Å²) in [4.78, 5) is 2.28. The van der Waals surface area contributed by atoms with Gasteiger partial charge < -0.3 is 15.4 Å². The molecule has 0 radical (unpaired) electrons. The molecule has 1 unspecified atom stereocenters. The molecule has 1 aromatic carbocycles. The summed E-state index contributed by atoms with van der Waals surface area (Å²) in [5, 5.41) is 0. The van der Waals surface area contributed by atoms with Gasteiger partial charge in [-0.2, -0.15) is 0 Å². The summed E-state index contributed by atoms with van der Waals surface area (Å²) in [5.74, 6) is 0. The summed E-state index contributed by atoms with van der Waals surface area (Å²) < 4.78 is 5.39. The molecule has 1 heterocycles. The Kier molecular flexibility index (Phi) is 3.23. The predicted molar refractivity (Wildman–Crippen MR) is 62.0 cm³/mol. The van der Waals surface area contributed by atoms with Crippen LogP contribution in [0.3, 0.4) is 0 Å². The summed E-state index contributed by atoms with van der Waals surface area (Å²) in [6, 6.07) is 8.90. The van der Waals surface area contributed by atoms with Gasteiger partial charge in [0, 0.05) is 25.9 Å². The van der Waals surface area contributed by atoms with E-state index in [2.05, 4.69) is 36.2 Å². The molecule has 1 saturated heterocycles. The average Bonchev–Trinajstić information content (AvgIpc) is 2.81. The van der Waals surface area contributed by atoms with E-state index in [0.717, 1.165) is 19.6 Å². The third kappa shape index (κ3) is 2.30. The van der Waals surface area contributed by atoms with Crippen LogP contribution in [0.4, 0.5) is 5.69 Å². The monoisotopic (exact) mass is 206 g/mol. The maximum absolute atomic E-state index is 5.63. The summed E-state index contributed by atoms with van der Waals surface area (Å²) >= 11 is 0. The number of nitrogens with zero attached hydrogens (tertiary/aromatic N) is 1. The van der Waals surface area contributed by atoms with Crippen molar-refractivity contribution in [3.63, 3.8) is 0 Å². The number of anilines is 1. The third-order valence-corrected chi connectivity index (χ3v) is 3.01. The SMILES string of the molecule is CN(c1cccc(CN)c1)C1CCOC1. The van der Waals surface area contributed by atoms with E-state index in [1.807, 2.05) is 0 Å². The second kappa shape index (κ2) is 4.64. The Balaban J connectivity index is 2.13. The smallest absolute Gasteiger partial charge is 0.0670 e. The minimum Gasteiger partial charge on any atom is -0.379 e. The fourth-order valence-corrected chi connectivity index (χ4v) is 1.94. The molecule has 1 atom stereocenters. The first kappa shape index (κ1) is 10.5. The van der Waals surface area contributed by atoms with Gasteiger partial charge in [-0.25, -0.2) is 0 Å². The molecule has 0 amide bonds. The summed E-state index contributed by atoms with van der Waals surface area (Å²) in [7, 11) is 2.12. The predicted octanol–water partition coefficient (Wildman–Crippen LogP) is 1.37. The van der Waals surface area contributed by atoms with Crippen molar-refractivity contribution in [3.8, 4) is 0 Å². The van der Waals surface area contributed by atoms with Crippen LogP contribution in [0.1, 0.15) is 12.0 Å². The van der Waals surface area contributed by atoms with Crippen LogP contribution in [0, 0.1) is 0 Å². The highest BCUT2D eigenvalue weighted by atomic mass is 16.5. The molecule has 0 aromatic heterocycles. The van der Waals surface area contributed by atoms with Crippen LogP contribution >= 0.6 is 0 Å². The minimum absolute atomic E-state index is 0.512. The Labute approximate surface area is 90.8 Å². The van der Waals surface area contributed by atoms with E-state index in [0.29, 0.717) is 12.6 Å². The average molecular weight is 206 g/mol. The molecule has 0 aliphatic carbocycles. The van der Waals surface area contributed by atoms with Crippen LogP contribution in [0.5, 0.6) is 0 Å². The molecule has 0 saturated carbocycles. The molecule has 3 nitrogen and oxygen atoms in total. The first-order chi connectivity index (χ1) is 7.31. The van der Waals surface area contributed by atoms with Gasteiger partial charge in [0.15, 0.2) is 0 Å². The van der Waals surface area contributed by atoms with Gasteiger partial charge in [-0.15, -0.1) is 0 Å². The molecule has 2 N–H and O–H groups in total. The molecule has 0 spiro atoms. The highest BCUT2D eigenvalue weighted by Crippen LogP contribution is 2.20. The Morgan fingerprint density at radius 2 is 2.40 bits per heavy atom. The lowest BCUT2D eigenvalue weighted by atomic mass is 10.1. The minimum atomic E-state index is 0.512. The molecule has 82 valence electrons. The van der Waals surface area contributed by atoms with Crippen molar-refractivity contribution >= 4 is 5.69 Å². The van der Waals surface area contributed by atoms with Crippen LogP contribution in [0.2, 0.25) is 0 Å². The van der Waals surface area contributed by atoms with Crippen molar-refractivity contribution < 1.29 is 4.74 Å². The molecule has 1 aliphatic rings. The van der Waals surface area contributed by atoms with Gasteiger partial charge in [-0.3, -0.25) is 0 Å². The number of likely N-dealkylation sites (N-methyl/N-ethyl adjacent to an activating group) is 1. The molecule has 2 rings (SSSR count). The number of benzene rings is 1. The maximum Gasteiger partial charge on any atom is 0.0670 e. The maximum atomic E-state index is 5.63. The zero-order chi connectivity index (χ0) is 10.7. The summed E-state index contributed by atoms with van der Waals surface area (Å²) in [6.45, 7) is 2.32. The molecule has 0 bridgehead atoms. The third-order valence-electron chi connectivity index (χ3n) is 3.01. The fraction of sp³-hybridized carbons (Fsp3) is 0.500. The van der Waals surface area contributed by atoms with Crippen molar-refractivity contribution in [1.29, 1.82) is 0 Å². The van der Waals surface area contributed by atoms with E-state index in [9.17, 15) is 0 Å². The first-order valence-corrected chi connectivity index (χ1v) is 5.41. The van der Waals surface area contributed by atoms with Crippen LogP contribution in [-0.2, 0) is 11.3 Å². The quantitative estimate of drug-likeness (QED) is 0.811. The van der Waals surface area contributed by atoms with Gasteiger partial charge in [0.25, 0.3) is 0 Å². The standard InChI is InChI=1S/C12H18N2O/c1-14(12-5-6-15-9-12)11-4-2-3-10(7-11)8-13/h2-4,7,12H,5-6,8-9,13H2,1H3. The van der Waals surface area contributed by atoms with Gasteiger partial charge in [0.2, 0.25) is 0 Å². The van der Waals surface area contributed by atoms with Crippen molar-refractivity contribution in [1.82, 2.24) is 0 Å². The second-order valence-corrected chi connectivity index (χ2v) is 4.00. The van der Waals surface area contributed by atoms with Gasteiger partial charge in [0.1, 0.15) is 0 Å². The lowest BCUT2D eigenvalue weighted by Crippen LogP contribution is -2.31. The van der Waals surface area contributed by atoms with Crippen molar-refractivity contribution in [2.75, 3.05) is 25.2 Å². The van der Waals surface area contributed by atoms with E-state index in [4.69, 9.17) is 10.5 Å². The van der Waals surface area contributed by atoms with E-state index in [-0.39, 0.29) is 0 Å². The van der Waals surface area contributed by atoms with Crippen molar-refractivity contribution in [2.24, 2.45) is 5.73 Å². The second-order valence-electron chi connectivity index (χ2n) is 4.00. The Morgan fingerprint density at radius 3 is 3.07 bits per heavy atom. The lowest BCUT2D eigenvalue weighted by Gasteiger charge is -2.25. The normalized spacial score (nSPS) is 20.5. The Hall–Kier alpha value is -1.06.